The van der Waals surface area contributed by atoms with E-state index in [-0.39, 0.29) is 16.3 Å². The maximum atomic E-state index is 13.1. The summed E-state index contributed by atoms with van der Waals surface area (Å²) in [5, 5.41) is 11.2. The molecule has 1 saturated heterocycles. The number of nitro groups is 1. The van der Waals surface area contributed by atoms with E-state index in [9.17, 15) is 18.5 Å². The molecule has 0 aromatic heterocycles. The zero-order chi connectivity index (χ0) is 19.6. The lowest BCUT2D eigenvalue weighted by Gasteiger charge is -2.26. The molecule has 1 heterocycles. The molecule has 2 aromatic carbocycles. The average molecular weight is 409 g/mol. The Morgan fingerprint density at radius 3 is 2.44 bits per heavy atom. The van der Waals surface area contributed by atoms with Gasteiger partial charge in [-0.3, -0.25) is 10.1 Å². The fourth-order valence-corrected chi connectivity index (χ4v) is 5.47. The van der Waals surface area contributed by atoms with Crippen molar-refractivity contribution in [3.05, 3.63) is 57.6 Å². The fourth-order valence-electron chi connectivity index (χ4n) is 2.76. The van der Waals surface area contributed by atoms with Crippen LogP contribution in [0.15, 0.2) is 41.3 Å². The zero-order valence-corrected chi connectivity index (χ0v) is 16.7. The first kappa shape index (κ1) is 19.7. The van der Waals surface area contributed by atoms with E-state index in [4.69, 9.17) is 4.74 Å². The minimum Gasteiger partial charge on any atom is -0.456 e. The molecule has 0 bridgehead atoms. The van der Waals surface area contributed by atoms with Crippen molar-refractivity contribution in [2.45, 2.75) is 18.7 Å². The van der Waals surface area contributed by atoms with E-state index in [1.165, 1.54) is 16.4 Å². The highest BCUT2D eigenvalue weighted by atomic mass is 32.2. The smallest absolute Gasteiger partial charge is 0.271 e. The Kier molecular flexibility index (Phi) is 5.73. The van der Waals surface area contributed by atoms with Gasteiger partial charge in [0, 0.05) is 36.7 Å². The van der Waals surface area contributed by atoms with Gasteiger partial charge in [-0.15, -0.1) is 0 Å². The van der Waals surface area contributed by atoms with Crippen molar-refractivity contribution in [2.24, 2.45) is 0 Å². The number of rotatable bonds is 5. The quantitative estimate of drug-likeness (QED) is 0.553. The molecule has 0 spiro atoms. The summed E-state index contributed by atoms with van der Waals surface area (Å²) in [5.41, 5.74) is 1.53. The van der Waals surface area contributed by atoms with Crippen LogP contribution < -0.4 is 4.74 Å². The van der Waals surface area contributed by atoms with Crippen molar-refractivity contribution >= 4 is 27.5 Å². The van der Waals surface area contributed by atoms with Crippen LogP contribution in [0.5, 0.6) is 11.5 Å². The van der Waals surface area contributed by atoms with Crippen LogP contribution in [-0.4, -0.2) is 42.2 Å². The highest BCUT2D eigenvalue weighted by Gasteiger charge is 2.31. The Labute approximate surface area is 162 Å². The molecule has 0 N–H and O–H groups in total. The Morgan fingerprint density at radius 2 is 1.78 bits per heavy atom. The van der Waals surface area contributed by atoms with Crippen LogP contribution in [0.25, 0.3) is 0 Å². The Hall–Kier alpha value is -2.10. The van der Waals surface area contributed by atoms with Gasteiger partial charge < -0.3 is 4.74 Å². The van der Waals surface area contributed by atoms with Gasteiger partial charge in [-0.25, -0.2) is 8.42 Å². The van der Waals surface area contributed by atoms with Gasteiger partial charge in [-0.05, 0) is 37.1 Å². The average Bonchev–Trinajstić information content (AvgIpc) is 2.65. The SMILES string of the molecule is Cc1ccc(C)c(Oc2ccc([N+](=O)[O-])cc2S(=O)(=O)N2CCSCC2)c1. The molecule has 0 atom stereocenters. The van der Waals surface area contributed by atoms with Gasteiger partial charge in [0.05, 0.1) is 4.92 Å². The van der Waals surface area contributed by atoms with Crippen LogP contribution in [0.2, 0.25) is 0 Å². The molecule has 7 nitrogen and oxygen atoms in total. The second-order valence-corrected chi connectivity index (χ2v) is 9.41. The van der Waals surface area contributed by atoms with Gasteiger partial charge in [0.25, 0.3) is 5.69 Å². The van der Waals surface area contributed by atoms with Gasteiger partial charge in [0.15, 0.2) is 0 Å². The minimum atomic E-state index is -3.90. The van der Waals surface area contributed by atoms with Gasteiger partial charge in [0.1, 0.15) is 16.4 Å². The highest BCUT2D eigenvalue weighted by molar-refractivity contribution is 7.99. The van der Waals surface area contributed by atoms with Crippen molar-refractivity contribution in [3.8, 4) is 11.5 Å². The Balaban J connectivity index is 2.08. The molecule has 0 amide bonds. The van der Waals surface area contributed by atoms with Crippen molar-refractivity contribution in [1.82, 2.24) is 4.31 Å². The molecule has 144 valence electrons. The monoisotopic (exact) mass is 408 g/mol. The number of nitrogens with zero attached hydrogens (tertiary/aromatic N) is 2. The topological polar surface area (TPSA) is 89.7 Å². The normalized spacial score (nSPS) is 15.5. The maximum Gasteiger partial charge on any atom is 0.271 e. The largest absolute Gasteiger partial charge is 0.456 e. The van der Waals surface area contributed by atoms with Crippen LogP contribution >= 0.6 is 11.8 Å². The summed E-state index contributed by atoms with van der Waals surface area (Å²) in [7, 11) is -3.90. The standard InChI is InChI=1S/C18H20N2O5S2/c1-13-3-4-14(2)17(11-13)25-16-6-5-15(20(21)22)12-18(16)27(23,24)19-7-9-26-10-8-19/h3-6,11-12H,7-10H2,1-2H3. The number of nitro benzene ring substituents is 1. The number of ether oxygens (including phenoxy) is 1. The van der Waals surface area contributed by atoms with Crippen LogP contribution in [0.1, 0.15) is 11.1 Å². The fraction of sp³-hybridized carbons (Fsp3) is 0.333. The number of benzene rings is 2. The molecular formula is C18H20N2O5S2. The lowest BCUT2D eigenvalue weighted by molar-refractivity contribution is -0.385. The van der Waals surface area contributed by atoms with Crippen LogP contribution in [0.3, 0.4) is 0 Å². The lowest BCUT2D eigenvalue weighted by atomic mass is 10.1. The van der Waals surface area contributed by atoms with Crippen LogP contribution in [-0.2, 0) is 10.0 Å². The zero-order valence-electron chi connectivity index (χ0n) is 15.0. The molecule has 27 heavy (non-hydrogen) atoms. The predicted molar refractivity (Wildman–Crippen MR) is 105 cm³/mol. The Bertz CT molecular complexity index is 970. The van der Waals surface area contributed by atoms with Gasteiger partial charge in [0.2, 0.25) is 10.0 Å². The molecule has 1 aliphatic heterocycles. The van der Waals surface area contributed by atoms with E-state index < -0.39 is 14.9 Å². The van der Waals surface area contributed by atoms with Gasteiger partial charge in [-0.1, -0.05) is 12.1 Å². The maximum absolute atomic E-state index is 13.1. The molecule has 1 aliphatic rings. The molecule has 0 saturated carbocycles. The van der Waals surface area contributed by atoms with Crippen molar-refractivity contribution in [3.63, 3.8) is 0 Å². The van der Waals surface area contributed by atoms with Crippen LogP contribution in [0, 0.1) is 24.0 Å². The number of aryl methyl sites for hydroxylation is 2. The van der Waals surface area contributed by atoms with Crippen LogP contribution in [0.4, 0.5) is 5.69 Å². The minimum absolute atomic E-state index is 0.0903. The van der Waals surface area contributed by atoms with Crippen molar-refractivity contribution in [2.75, 3.05) is 24.6 Å². The molecule has 3 rings (SSSR count). The van der Waals surface area contributed by atoms with E-state index in [1.807, 2.05) is 32.0 Å². The number of non-ortho nitro benzene ring substituents is 1. The first-order valence-electron chi connectivity index (χ1n) is 8.40. The van der Waals surface area contributed by atoms with E-state index >= 15 is 0 Å². The van der Waals surface area contributed by atoms with Crippen molar-refractivity contribution in [1.29, 1.82) is 0 Å². The summed E-state index contributed by atoms with van der Waals surface area (Å²) >= 11 is 1.68. The third-order valence-electron chi connectivity index (χ3n) is 4.29. The van der Waals surface area contributed by atoms with E-state index in [0.29, 0.717) is 30.3 Å². The van der Waals surface area contributed by atoms with E-state index in [1.54, 1.807) is 11.8 Å². The van der Waals surface area contributed by atoms with E-state index in [2.05, 4.69) is 0 Å². The summed E-state index contributed by atoms with van der Waals surface area (Å²) in [6, 6.07) is 9.31. The predicted octanol–water partition coefficient (Wildman–Crippen LogP) is 3.74. The van der Waals surface area contributed by atoms with E-state index in [0.717, 1.165) is 17.2 Å². The highest BCUT2D eigenvalue weighted by Crippen LogP contribution is 2.35. The molecule has 0 aliphatic carbocycles. The molecule has 2 aromatic rings. The second-order valence-electron chi connectivity index (χ2n) is 6.28. The third-order valence-corrected chi connectivity index (χ3v) is 7.15. The van der Waals surface area contributed by atoms with Gasteiger partial charge >= 0.3 is 0 Å². The first-order chi connectivity index (χ1) is 12.8. The number of thioether (sulfide) groups is 1. The third kappa shape index (κ3) is 4.26. The number of hydrogen-bond acceptors (Lipinski definition) is 6. The summed E-state index contributed by atoms with van der Waals surface area (Å²) < 4.78 is 33.5. The molecule has 1 fully saturated rings. The number of hydrogen-bond donors (Lipinski definition) is 0. The van der Waals surface area contributed by atoms with Gasteiger partial charge in [-0.2, -0.15) is 16.1 Å². The summed E-state index contributed by atoms with van der Waals surface area (Å²) in [6.07, 6.45) is 0. The summed E-state index contributed by atoms with van der Waals surface area (Å²) in [5.74, 6) is 2.00. The summed E-state index contributed by atoms with van der Waals surface area (Å²) in [6.45, 7) is 4.51. The molecule has 0 radical (unpaired) electrons. The second kappa shape index (κ2) is 7.87. The molecule has 0 unspecified atom stereocenters. The summed E-state index contributed by atoms with van der Waals surface area (Å²) in [4.78, 5) is 10.4. The van der Waals surface area contributed by atoms with Crippen molar-refractivity contribution < 1.29 is 18.1 Å². The molecular weight excluding hydrogens is 388 g/mol. The Morgan fingerprint density at radius 1 is 1.07 bits per heavy atom. The first-order valence-corrected chi connectivity index (χ1v) is 11.0. The number of sulfonamides is 1. The lowest BCUT2D eigenvalue weighted by Crippen LogP contribution is -2.38. The molecule has 9 heteroatoms.